The second kappa shape index (κ2) is 9.60. The van der Waals surface area contributed by atoms with Crippen LogP contribution < -0.4 is 0 Å². The highest BCUT2D eigenvalue weighted by molar-refractivity contribution is 5.64. The minimum absolute atomic E-state index is 1.01. The standard InChI is InChI=1S/C27H26/c1-3-5-7-23-8-10-24(11-9-23)12-13-25-16-20-27(21-17-25)26-18-14-22(6-4-2)15-19-26/h3,8-11,14-21H,1,4-7H2,2H3. The van der Waals surface area contributed by atoms with Gasteiger partial charge in [-0.15, -0.1) is 6.58 Å². The third-order valence-electron chi connectivity index (χ3n) is 4.65. The normalized spacial score (nSPS) is 10.1. The molecule has 0 unspecified atom stereocenters. The lowest BCUT2D eigenvalue weighted by molar-refractivity contribution is 0.922. The van der Waals surface area contributed by atoms with E-state index in [1.54, 1.807) is 0 Å². The average Bonchev–Trinajstić information content (AvgIpc) is 2.73. The molecule has 0 aromatic heterocycles. The molecule has 134 valence electrons. The Morgan fingerprint density at radius 3 is 1.63 bits per heavy atom. The molecule has 0 spiro atoms. The molecule has 27 heavy (non-hydrogen) atoms. The average molecular weight is 351 g/mol. The summed E-state index contributed by atoms with van der Waals surface area (Å²) < 4.78 is 0. The lowest BCUT2D eigenvalue weighted by atomic mass is 10.0. The summed E-state index contributed by atoms with van der Waals surface area (Å²) in [6.07, 6.45) is 6.34. The number of aryl methyl sites for hydroxylation is 2. The first-order chi connectivity index (χ1) is 13.3. The quantitative estimate of drug-likeness (QED) is 0.338. The molecular weight excluding hydrogens is 324 g/mol. The summed E-state index contributed by atoms with van der Waals surface area (Å²) in [6.45, 7) is 5.98. The van der Waals surface area contributed by atoms with Crippen LogP contribution in [0.4, 0.5) is 0 Å². The molecule has 0 atom stereocenters. The Labute approximate surface area is 163 Å². The van der Waals surface area contributed by atoms with Crippen LogP contribution in [0.25, 0.3) is 11.1 Å². The van der Waals surface area contributed by atoms with Gasteiger partial charge in [0.05, 0.1) is 0 Å². The number of allylic oxidation sites excluding steroid dienone is 1. The van der Waals surface area contributed by atoms with Crippen LogP contribution in [-0.2, 0) is 12.8 Å². The van der Waals surface area contributed by atoms with Gasteiger partial charge in [0.25, 0.3) is 0 Å². The zero-order valence-electron chi connectivity index (χ0n) is 16.0. The van der Waals surface area contributed by atoms with Crippen molar-refractivity contribution in [2.24, 2.45) is 0 Å². The van der Waals surface area contributed by atoms with E-state index in [2.05, 4.69) is 98.1 Å². The van der Waals surface area contributed by atoms with Crippen molar-refractivity contribution in [3.63, 3.8) is 0 Å². The number of hydrogen-bond donors (Lipinski definition) is 0. The topological polar surface area (TPSA) is 0 Å². The predicted molar refractivity (Wildman–Crippen MR) is 117 cm³/mol. The fourth-order valence-electron chi connectivity index (χ4n) is 3.07. The number of rotatable bonds is 6. The third-order valence-corrected chi connectivity index (χ3v) is 4.65. The molecule has 0 aliphatic carbocycles. The van der Waals surface area contributed by atoms with E-state index in [1.807, 2.05) is 6.08 Å². The second-order valence-corrected chi connectivity index (χ2v) is 6.80. The second-order valence-electron chi connectivity index (χ2n) is 6.80. The first kappa shape index (κ1) is 18.7. The van der Waals surface area contributed by atoms with E-state index in [0.717, 1.165) is 30.4 Å². The van der Waals surface area contributed by atoms with Gasteiger partial charge in [0.2, 0.25) is 0 Å². The van der Waals surface area contributed by atoms with E-state index in [0.29, 0.717) is 0 Å². The van der Waals surface area contributed by atoms with Crippen molar-refractivity contribution in [2.45, 2.75) is 32.6 Å². The Balaban J connectivity index is 1.67. The van der Waals surface area contributed by atoms with Crippen molar-refractivity contribution in [1.82, 2.24) is 0 Å². The Morgan fingerprint density at radius 1 is 0.667 bits per heavy atom. The Hall–Kier alpha value is -3.04. The van der Waals surface area contributed by atoms with E-state index in [9.17, 15) is 0 Å². The first-order valence-corrected chi connectivity index (χ1v) is 9.69. The van der Waals surface area contributed by atoms with Crippen molar-refractivity contribution in [3.8, 4) is 23.0 Å². The van der Waals surface area contributed by atoms with E-state index >= 15 is 0 Å². The van der Waals surface area contributed by atoms with Crippen molar-refractivity contribution in [2.75, 3.05) is 0 Å². The molecule has 0 saturated carbocycles. The fraction of sp³-hybridized carbons (Fsp3) is 0.185. The van der Waals surface area contributed by atoms with Crippen molar-refractivity contribution < 1.29 is 0 Å². The van der Waals surface area contributed by atoms with Crippen LogP contribution in [0.15, 0.2) is 85.5 Å². The van der Waals surface area contributed by atoms with Gasteiger partial charge in [0.1, 0.15) is 0 Å². The van der Waals surface area contributed by atoms with E-state index in [-0.39, 0.29) is 0 Å². The number of benzene rings is 3. The van der Waals surface area contributed by atoms with Crippen LogP contribution in [0.1, 0.15) is 42.0 Å². The third kappa shape index (κ3) is 5.47. The van der Waals surface area contributed by atoms with Crippen molar-refractivity contribution >= 4 is 0 Å². The minimum atomic E-state index is 1.01. The van der Waals surface area contributed by atoms with Crippen molar-refractivity contribution in [3.05, 3.63) is 108 Å². The molecule has 0 fully saturated rings. The SMILES string of the molecule is C=CCCc1ccc(C#Cc2ccc(-c3ccc(CCC)cc3)cc2)cc1. The Kier molecular flexibility index (Phi) is 6.66. The van der Waals surface area contributed by atoms with E-state index in [4.69, 9.17) is 0 Å². The molecular formula is C27H26. The van der Waals surface area contributed by atoms with Crippen LogP contribution in [0, 0.1) is 11.8 Å². The van der Waals surface area contributed by atoms with Gasteiger partial charge >= 0.3 is 0 Å². The van der Waals surface area contributed by atoms with Gasteiger partial charge in [-0.05, 0) is 65.8 Å². The molecule has 0 radical (unpaired) electrons. The van der Waals surface area contributed by atoms with Gasteiger partial charge in [-0.25, -0.2) is 0 Å². The molecule has 0 bridgehead atoms. The largest absolute Gasteiger partial charge is 0.103 e. The molecule has 0 amide bonds. The zero-order chi connectivity index (χ0) is 18.9. The maximum absolute atomic E-state index is 3.77. The van der Waals surface area contributed by atoms with Crippen LogP contribution in [0.5, 0.6) is 0 Å². The highest BCUT2D eigenvalue weighted by Gasteiger charge is 1.98. The van der Waals surface area contributed by atoms with E-state index in [1.165, 1.54) is 28.7 Å². The Bertz CT molecular complexity index is 915. The fourth-order valence-corrected chi connectivity index (χ4v) is 3.07. The monoisotopic (exact) mass is 350 g/mol. The Morgan fingerprint density at radius 2 is 1.11 bits per heavy atom. The molecule has 0 heterocycles. The minimum Gasteiger partial charge on any atom is -0.103 e. The maximum Gasteiger partial charge on any atom is 0.0249 e. The summed E-state index contributed by atoms with van der Waals surface area (Å²) in [6, 6.07) is 25.9. The molecule has 0 heteroatoms. The summed E-state index contributed by atoms with van der Waals surface area (Å²) in [5, 5.41) is 0. The summed E-state index contributed by atoms with van der Waals surface area (Å²) in [5.74, 6) is 6.52. The summed E-state index contributed by atoms with van der Waals surface area (Å²) in [4.78, 5) is 0. The van der Waals surface area contributed by atoms with Crippen LogP contribution in [-0.4, -0.2) is 0 Å². The summed E-state index contributed by atoms with van der Waals surface area (Å²) >= 11 is 0. The van der Waals surface area contributed by atoms with Crippen LogP contribution >= 0.6 is 0 Å². The smallest absolute Gasteiger partial charge is 0.0249 e. The lowest BCUT2D eigenvalue weighted by Crippen LogP contribution is -1.84. The van der Waals surface area contributed by atoms with Gasteiger partial charge in [-0.1, -0.05) is 79.8 Å². The van der Waals surface area contributed by atoms with Gasteiger partial charge in [0.15, 0.2) is 0 Å². The van der Waals surface area contributed by atoms with E-state index < -0.39 is 0 Å². The molecule has 0 nitrogen and oxygen atoms in total. The van der Waals surface area contributed by atoms with Gasteiger partial charge in [-0.2, -0.15) is 0 Å². The van der Waals surface area contributed by atoms with Gasteiger partial charge in [0, 0.05) is 11.1 Å². The lowest BCUT2D eigenvalue weighted by Gasteiger charge is -2.04. The molecule has 0 aliphatic heterocycles. The summed E-state index contributed by atoms with van der Waals surface area (Å²) in [7, 11) is 0. The summed E-state index contributed by atoms with van der Waals surface area (Å²) in [5.41, 5.74) is 7.30. The number of hydrogen-bond acceptors (Lipinski definition) is 0. The predicted octanol–water partition coefficient (Wildman–Crippen LogP) is 6.82. The highest BCUT2D eigenvalue weighted by atomic mass is 14.0. The molecule has 3 rings (SSSR count). The highest BCUT2D eigenvalue weighted by Crippen LogP contribution is 2.20. The van der Waals surface area contributed by atoms with Crippen LogP contribution in [0.2, 0.25) is 0 Å². The molecule has 3 aromatic carbocycles. The molecule has 0 N–H and O–H groups in total. The molecule has 0 saturated heterocycles. The molecule has 3 aromatic rings. The zero-order valence-corrected chi connectivity index (χ0v) is 16.0. The van der Waals surface area contributed by atoms with Gasteiger partial charge < -0.3 is 0 Å². The maximum atomic E-state index is 3.77. The van der Waals surface area contributed by atoms with Crippen LogP contribution in [0.3, 0.4) is 0 Å². The van der Waals surface area contributed by atoms with Crippen molar-refractivity contribution in [1.29, 1.82) is 0 Å². The molecule has 0 aliphatic rings. The first-order valence-electron chi connectivity index (χ1n) is 9.69. The van der Waals surface area contributed by atoms with Gasteiger partial charge in [-0.3, -0.25) is 0 Å².